The summed E-state index contributed by atoms with van der Waals surface area (Å²) in [7, 11) is 1.36. The van der Waals surface area contributed by atoms with Crippen LogP contribution in [0.3, 0.4) is 0 Å². The van der Waals surface area contributed by atoms with Crippen LogP contribution in [0.25, 0.3) is 10.4 Å². The molecule has 1 aromatic carbocycles. The maximum atomic E-state index is 12.3. The number of rotatable bonds is 5. The van der Waals surface area contributed by atoms with Crippen LogP contribution in [0, 0.1) is 0 Å². The highest BCUT2D eigenvalue weighted by molar-refractivity contribution is 5.84. The summed E-state index contributed by atoms with van der Waals surface area (Å²) in [5.41, 5.74) is 8.10. The Kier molecular flexibility index (Phi) is 4.45. The van der Waals surface area contributed by atoms with E-state index < -0.39 is 5.54 Å². The van der Waals surface area contributed by atoms with Crippen LogP contribution in [0.1, 0.15) is 12.0 Å². The number of azide groups is 1. The van der Waals surface area contributed by atoms with Gasteiger partial charge in [0.05, 0.1) is 13.7 Å². The van der Waals surface area contributed by atoms with Gasteiger partial charge in [0, 0.05) is 30.0 Å². The van der Waals surface area contributed by atoms with Crippen LogP contribution < -0.4 is 10.1 Å². The van der Waals surface area contributed by atoms with Crippen LogP contribution in [0.5, 0.6) is 5.75 Å². The highest BCUT2D eigenvalue weighted by Gasteiger charge is 2.45. The molecule has 1 aliphatic rings. The zero-order valence-corrected chi connectivity index (χ0v) is 11.2. The van der Waals surface area contributed by atoms with E-state index in [0.29, 0.717) is 25.3 Å². The number of ether oxygens (including phenoxy) is 2. The Hall–Kier alpha value is -2.24. The van der Waals surface area contributed by atoms with Crippen molar-refractivity contribution in [3.8, 4) is 5.75 Å². The Bertz CT molecular complexity index is 542. The molecule has 1 aromatic rings. The van der Waals surface area contributed by atoms with Crippen LogP contribution in [0.2, 0.25) is 0 Å². The topological polar surface area (TPSA) is 96.3 Å². The minimum atomic E-state index is -0.950. The van der Waals surface area contributed by atoms with Gasteiger partial charge in [0.2, 0.25) is 0 Å². The predicted octanol–water partition coefficient (Wildman–Crippen LogP) is 1.74. The molecule has 0 saturated carbocycles. The molecular formula is C13H16N4O3. The highest BCUT2D eigenvalue weighted by atomic mass is 16.5. The van der Waals surface area contributed by atoms with E-state index in [0.717, 1.165) is 5.56 Å². The number of para-hydroxylation sites is 1. The highest BCUT2D eigenvalue weighted by Crippen LogP contribution is 2.37. The van der Waals surface area contributed by atoms with Crippen molar-refractivity contribution < 1.29 is 14.3 Å². The predicted molar refractivity (Wildman–Crippen MR) is 72.3 cm³/mol. The third-order valence-electron chi connectivity index (χ3n) is 3.32. The third kappa shape index (κ3) is 2.54. The number of methoxy groups -OCH3 is 1. The summed E-state index contributed by atoms with van der Waals surface area (Å²) in [5.74, 6) is 0.301. The van der Waals surface area contributed by atoms with Crippen LogP contribution in [-0.2, 0) is 15.1 Å². The Morgan fingerprint density at radius 1 is 1.60 bits per heavy atom. The monoisotopic (exact) mass is 276 g/mol. The van der Waals surface area contributed by atoms with Gasteiger partial charge in [-0.15, -0.1) is 0 Å². The second-order valence-electron chi connectivity index (χ2n) is 4.37. The third-order valence-corrected chi connectivity index (χ3v) is 3.32. The average Bonchev–Trinajstić information content (AvgIpc) is 2.51. The van der Waals surface area contributed by atoms with E-state index >= 15 is 0 Å². The molecule has 106 valence electrons. The van der Waals surface area contributed by atoms with Crippen molar-refractivity contribution in [2.75, 3.05) is 26.8 Å². The minimum absolute atomic E-state index is 0.262. The Labute approximate surface area is 116 Å². The van der Waals surface area contributed by atoms with Crippen molar-refractivity contribution in [3.63, 3.8) is 0 Å². The number of carbonyl (C=O) groups is 1. The fraction of sp³-hybridized carbons (Fsp3) is 0.462. The van der Waals surface area contributed by atoms with Crippen molar-refractivity contribution >= 4 is 5.97 Å². The summed E-state index contributed by atoms with van der Waals surface area (Å²) in [4.78, 5) is 15.0. The first-order valence-corrected chi connectivity index (χ1v) is 6.31. The fourth-order valence-corrected chi connectivity index (χ4v) is 2.40. The molecule has 0 aliphatic carbocycles. The lowest BCUT2D eigenvalue weighted by Gasteiger charge is -2.37. The van der Waals surface area contributed by atoms with Crippen LogP contribution >= 0.6 is 0 Å². The van der Waals surface area contributed by atoms with Crippen molar-refractivity contribution in [2.45, 2.75) is 12.0 Å². The van der Waals surface area contributed by atoms with Crippen LogP contribution in [-0.4, -0.2) is 32.8 Å². The van der Waals surface area contributed by atoms with Crippen molar-refractivity contribution in [1.29, 1.82) is 0 Å². The smallest absolute Gasteiger partial charge is 0.331 e. The zero-order chi connectivity index (χ0) is 14.4. The number of hydrogen-bond acceptors (Lipinski definition) is 5. The lowest BCUT2D eigenvalue weighted by Crippen LogP contribution is -2.53. The second-order valence-corrected chi connectivity index (χ2v) is 4.37. The van der Waals surface area contributed by atoms with Gasteiger partial charge in [-0.25, -0.2) is 4.79 Å². The van der Waals surface area contributed by atoms with Gasteiger partial charge in [-0.3, -0.25) is 5.32 Å². The quantitative estimate of drug-likeness (QED) is 0.291. The lowest BCUT2D eigenvalue weighted by molar-refractivity contribution is -0.150. The van der Waals surface area contributed by atoms with Gasteiger partial charge >= 0.3 is 5.97 Å². The summed E-state index contributed by atoms with van der Waals surface area (Å²) < 4.78 is 10.5. The minimum Gasteiger partial charge on any atom is -0.493 e. The summed E-state index contributed by atoms with van der Waals surface area (Å²) in [6, 6.07) is 7.36. The maximum absolute atomic E-state index is 12.3. The number of benzene rings is 1. The van der Waals surface area contributed by atoms with E-state index in [1.807, 2.05) is 24.3 Å². The van der Waals surface area contributed by atoms with E-state index in [-0.39, 0.29) is 12.5 Å². The molecule has 7 nitrogen and oxygen atoms in total. The van der Waals surface area contributed by atoms with Gasteiger partial charge in [-0.05, 0) is 11.6 Å². The van der Waals surface area contributed by atoms with Gasteiger partial charge in [0.1, 0.15) is 11.3 Å². The summed E-state index contributed by atoms with van der Waals surface area (Å²) in [6.07, 6.45) is 0.465. The first kappa shape index (κ1) is 14.2. The molecule has 1 N–H and O–H groups in total. The molecule has 20 heavy (non-hydrogen) atoms. The SMILES string of the molecule is COC(=O)C1(NCCN=[N+]=[N-])CCOc2ccccc21. The molecule has 0 radical (unpaired) electrons. The lowest BCUT2D eigenvalue weighted by atomic mass is 9.84. The van der Waals surface area contributed by atoms with Gasteiger partial charge < -0.3 is 9.47 Å². The van der Waals surface area contributed by atoms with E-state index in [9.17, 15) is 4.79 Å². The van der Waals surface area contributed by atoms with Crippen LogP contribution in [0.15, 0.2) is 29.4 Å². The standard InChI is InChI=1S/C13H16N4O3/c1-19-12(18)13(15-7-8-16-17-14)6-9-20-11-5-3-2-4-10(11)13/h2-5,15H,6-9H2,1H3. The van der Waals surface area contributed by atoms with Gasteiger partial charge in [0.25, 0.3) is 0 Å². The van der Waals surface area contributed by atoms with Crippen molar-refractivity contribution in [3.05, 3.63) is 40.3 Å². The number of fused-ring (bicyclic) bond motifs is 1. The summed E-state index contributed by atoms with van der Waals surface area (Å²) in [6.45, 7) is 1.06. The molecule has 7 heteroatoms. The molecule has 1 unspecified atom stereocenters. The molecule has 1 aliphatic heterocycles. The molecule has 0 saturated heterocycles. The molecule has 0 spiro atoms. The zero-order valence-electron chi connectivity index (χ0n) is 11.2. The molecule has 0 aromatic heterocycles. The maximum Gasteiger partial charge on any atom is 0.331 e. The number of carbonyl (C=O) groups excluding carboxylic acids is 1. The fourth-order valence-electron chi connectivity index (χ4n) is 2.40. The first-order chi connectivity index (χ1) is 9.74. The van der Waals surface area contributed by atoms with Crippen LogP contribution in [0.4, 0.5) is 0 Å². The molecule has 0 amide bonds. The van der Waals surface area contributed by atoms with E-state index in [1.165, 1.54) is 7.11 Å². The van der Waals surface area contributed by atoms with Gasteiger partial charge in [-0.1, -0.05) is 23.3 Å². The molecule has 1 heterocycles. The first-order valence-electron chi connectivity index (χ1n) is 6.31. The van der Waals surface area contributed by atoms with E-state index in [4.69, 9.17) is 15.0 Å². The Balaban J connectivity index is 2.33. The largest absolute Gasteiger partial charge is 0.493 e. The molecular weight excluding hydrogens is 260 g/mol. The Morgan fingerprint density at radius 3 is 3.15 bits per heavy atom. The normalized spacial score (nSPS) is 20.2. The summed E-state index contributed by atoms with van der Waals surface area (Å²) in [5, 5.41) is 6.62. The number of esters is 1. The average molecular weight is 276 g/mol. The molecule has 1 atom stereocenters. The molecule has 0 bridgehead atoms. The molecule has 0 fully saturated rings. The number of nitrogens with one attached hydrogen (secondary N) is 1. The van der Waals surface area contributed by atoms with Crippen molar-refractivity contribution in [1.82, 2.24) is 5.32 Å². The number of hydrogen-bond donors (Lipinski definition) is 1. The Morgan fingerprint density at radius 2 is 2.40 bits per heavy atom. The van der Waals surface area contributed by atoms with Crippen molar-refractivity contribution in [2.24, 2.45) is 5.11 Å². The molecule has 2 rings (SSSR count). The van der Waals surface area contributed by atoms with Gasteiger partial charge in [0.15, 0.2) is 0 Å². The summed E-state index contributed by atoms with van der Waals surface area (Å²) >= 11 is 0. The van der Waals surface area contributed by atoms with E-state index in [1.54, 1.807) is 0 Å². The number of nitrogens with zero attached hydrogens (tertiary/aromatic N) is 3. The second kappa shape index (κ2) is 6.27. The van der Waals surface area contributed by atoms with E-state index in [2.05, 4.69) is 15.3 Å². The van der Waals surface area contributed by atoms with Gasteiger partial charge in [-0.2, -0.15) is 0 Å².